The molecule has 3 saturated heterocycles. The number of benzene rings is 1. The van der Waals surface area contributed by atoms with Crippen LogP contribution in [0.3, 0.4) is 0 Å². The topological polar surface area (TPSA) is 85.4 Å². The summed E-state index contributed by atoms with van der Waals surface area (Å²) >= 11 is 3.45. The molecule has 0 aliphatic carbocycles. The molecule has 0 aromatic heterocycles. The Labute approximate surface area is 171 Å². The highest BCUT2D eigenvalue weighted by Crippen LogP contribution is 2.33. The van der Waals surface area contributed by atoms with Gasteiger partial charge in [0.2, 0.25) is 0 Å². The fourth-order valence-corrected chi connectivity index (χ4v) is 4.42. The molecule has 1 N–H and O–H groups in total. The van der Waals surface area contributed by atoms with Gasteiger partial charge in [-0.2, -0.15) is 0 Å². The van der Waals surface area contributed by atoms with Gasteiger partial charge in [-0.3, -0.25) is 24.7 Å². The Hall–Kier alpha value is -2.17. The summed E-state index contributed by atoms with van der Waals surface area (Å²) in [5.74, 6) is -0.989. The molecule has 3 atom stereocenters. The van der Waals surface area contributed by atoms with Crippen LogP contribution in [-0.4, -0.2) is 84.9 Å². The molecule has 0 saturated carbocycles. The van der Waals surface area contributed by atoms with Gasteiger partial charge in [-0.1, -0.05) is 15.9 Å². The van der Waals surface area contributed by atoms with E-state index in [1.807, 2.05) is 24.3 Å². The van der Waals surface area contributed by atoms with E-state index in [4.69, 9.17) is 0 Å². The van der Waals surface area contributed by atoms with E-state index in [1.165, 1.54) is 12.0 Å². The van der Waals surface area contributed by atoms with Gasteiger partial charge >= 0.3 is 12.0 Å². The largest absolute Gasteiger partial charge is 0.468 e. The van der Waals surface area contributed by atoms with E-state index in [1.54, 1.807) is 7.05 Å². The molecule has 4 rings (SSSR count). The van der Waals surface area contributed by atoms with Crippen LogP contribution in [0.15, 0.2) is 28.7 Å². The van der Waals surface area contributed by atoms with Gasteiger partial charge in [0.15, 0.2) is 0 Å². The number of urea groups is 1. The van der Waals surface area contributed by atoms with Crippen molar-refractivity contribution in [2.75, 3.05) is 38.7 Å². The van der Waals surface area contributed by atoms with Crippen LogP contribution in [0.5, 0.6) is 0 Å². The highest BCUT2D eigenvalue weighted by atomic mass is 79.9. The number of hydrogen-bond donors (Lipinski definition) is 1. The first-order valence-electron chi connectivity index (χ1n) is 9.11. The number of esters is 1. The van der Waals surface area contributed by atoms with Crippen LogP contribution in [0.4, 0.5) is 10.5 Å². The lowest BCUT2D eigenvalue weighted by molar-refractivity contribution is -0.149. The Morgan fingerprint density at radius 1 is 1.25 bits per heavy atom. The number of fused-ring (bicyclic) bond motifs is 3. The van der Waals surface area contributed by atoms with Gasteiger partial charge < -0.3 is 14.5 Å². The SMILES string of the molecule is COC(=O)CN1C(=O)C2C(NC3N(c4ccc(Br)cc4)CCCN23)N(C)C1=O. The van der Waals surface area contributed by atoms with E-state index in [0.717, 1.165) is 34.6 Å². The molecule has 3 aliphatic heterocycles. The van der Waals surface area contributed by atoms with Crippen molar-refractivity contribution in [2.45, 2.75) is 24.9 Å². The zero-order chi connectivity index (χ0) is 20.0. The van der Waals surface area contributed by atoms with Crippen LogP contribution in [0.1, 0.15) is 6.42 Å². The van der Waals surface area contributed by atoms with Crippen molar-refractivity contribution >= 4 is 39.5 Å². The van der Waals surface area contributed by atoms with Crippen molar-refractivity contribution in [2.24, 2.45) is 0 Å². The van der Waals surface area contributed by atoms with Crippen LogP contribution < -0.4 is 10.2 Å². The molecule has 1 aromatic rings. The predicted molar refractivity (Wildman–Crippen MR) is 104 cm³/mol. The molecule has 0 radical (unpaired) electrons. The fraction of sp³-hybridized carbons (Fsp3) is 0.500. The second-order valence-electron chi connectivity index (χ2n) is 7.09. The summed E-state index contributed by atoms with van der Waals surface area (Å²) in [5, 5.41) is 3.44. The molecule has 0 spiro atoms. The quantitative estimate of drug-likeness (QED) is 0.673. The van der Waals surface area contributed by atoms with Crippen LogP contribution >= 0.6 is 15.9 Å². The van der Waals surface area contributed by atoms with Gasteiger partial charge in [-0.05, 0) is 30.7 Å². The second kappa shape index (κ2) is 7.34. The van der Waals surface area contributed by atoms with Crippen LogP contribution in [0.25, 0.3) is 0 Å². The second-order valence-corrected chi connectivity index (χ2v) is 8.00. The van der Waals surface area contributed by atoms with E-state index in [9.17, 15) is 14.4 Å². The van der Waals surface area contributed by atoms with E-state index >= 15 is 0 Å². The summed E-state index contributed by atoms with van der Waals surface area (Å²) in [6, 6.07) is 6.97. The molecule has 9 nitrogen and oxygen atoms in total. The molecule has 1 aromatic carbocycles. The summed E-state index contributed by atoms with van der Waals surface area (Å²) in [6.07, 6.45) is 0.233. The Balaban J connectivity index is 1.63. The molecule has 3 heterocycles. The van der Waals surface area contributed by atoms with Crippen molar-refractivity contribution in [1.82, 2.24) is 20.0 Å². The summed E-state index contributed by atoms with van der Waals surface area (Å²) in [7, 11) is 2.88. The number of anilines is 1. The number of imide groups is 1. The number of likely N-dealkylation sites (N-methyl/N-ethyl adjacent to an activating group) is 1. The van der Waals surface area contributed by atoms with E-state index in [-0.39, 0.29) is 18.7 Å². The molecule has 28 heavy (non-hydrogen) atoms. The minimum Gasteiger partial charge on any atom is -0.468 e. The molecular formula is C18H22BrN5O4. The van der Waals surface area contributed by atoms with E-state index in [2.05, 4.69) is 35.8 Å². The maximum atomic E-state index is 13.1. The Kier molecular flexibility index (Phi) is 5.02. The van der Waals surface area contributed by atoms with Gasteiger partial charge in [0.25, 0.3) is 5.91 Å². The third kappa shape index (κ3) is 3.05. The van der Waals surface area contributed by atoms with Gasteiger partial charge in [0, 0.05) is 30.3 Å². The van der Waals surface area contributed by atoms with Crippen LogP contribution in [0.2, 0.25) is 0 Å². The highest BCUT2D eigenvalue weighted by Gasteiger charge is 2.56. The first-order chi connectivity index (χ1) is 13.4. The molecule has 3 aliphatic rings. The number of hydrogen-bond acceptors (Lipinski definition) is 7. The summed E-state index contributed by atoms with van der Waals surface area (Å²) in [5.41, 5.74) is 1.04. The summed E-state index contributed by atoms with van der Waals surface area (Å²) < 4.78 is 5.64. The van der Waals surface area contributed by atoms with Crippen molar-refractivity contribution in [3.63, 3.8) is 0 Å². The maximum absolute atomic E-state index is 13.1. The zero-order valence-electron chi connectivity index (χ0n) is 15.7. The first kappa shape index (κ1) is 19.2. The van der Waals surface area contributed by atoms with Crippen molar-refractivity contribution in [3.8, 4) is 0 Å². The smallest absolute Gasteiger partial charge is 0.328 e. The lowest BCUT2D eigenvalue weighted by Crippen LogP contribution is -2.67. The number of nitrogens with one attached hydrogen (secondary N) is 1. The van der Waals surface area contributed by atoms with Crippen LogP contribution in [-0.2, 0) is 14.3 Å². The van der Waals surface area contributed by atoms with Crippen molar-refractivity contribution in [1.29, 1.82) is 0 Å². The number of nitrogens with zero attached hydrogens (tertiary/aromatic N) is 4. The van der Waals surface area contributed by atoms with E-state index in [0.29, 0.717) is 0 Å². The molecule has 150 valence electrons. The molecule has 3 unspecified atom stereocenters. The van der Waals surface area contributed by atoms with E-state index < -0.39 is 24.2 Å². The minimum absolute atomic E-state index is 0.206. The highest BCUT2D eigenvalue weighted by molar-refractivity contribution is 9.10. The number of carbonyl (C=O) groups excluding carboxylic acids is 3. The number of methoxy groups -OCH3 is 1. The number of halogens is 1. The van der Waals surface area contributed by atoms with Gasteiger partial charge in [-0.25, -0.2) is 4.79 Å². The number of amides is 3. The standard InChI is InChI=1S/C18H22BrN5O4/c1-21-15-14(16(26)24(18(21)27)10-13(25)28-2)23-9-3-8-22(17(23)20-15)12-6-4-11(19)5-7-12/h4-7,14-15,17,20H,3,8-10H2,1-2H3. The van der Waals surface area contributed by atoms with Crippen molar-refractivity contribution < 1.29 is 19.1 Å². The van der Waals surface area contributed by atoms with Crippen molar-refractivity contribution in [3.05, 3.63) is 28.7 Å². The number of carbonyl (C=O) groups is 3. The molecule has 3 amide bonds. The third-order valence-corrected chi connectivity index (χ3v) is 6.07. The first-order valence-corrected chi connectivity index (χ1v) is 9.90. The fourth-order valence-electron chi connectivity index (χ4n) is 4.16. The Morgan fingerprint density at radius 2 is 1.96 bits per heavy atom. The van der Waals surface area contributed by atoms with Gasteiger partial charge in [0.1, 0.15) is 25.0 Å². The maximum Gasteiger partial charge on any atom is 0.328 e. The lowest BCUT2D eigenvalue weighted by Gasteiger charge is -2.43. The average Bonchev–Trinajstić information content (AvgIpc) is 3.10. The monoisotopic (exact) mass is 451 g/mol. The molecular weight excluding hydrogens is 430 g/mol. The third-order valence-electron chi connectivity index (χ3n) is 5.54. The summed E-state index contributed by atoms with van der Waals surface area (Å²) in [4.78, 5) is 44.2. The van der Waals surface area contributed by atoms with Crippen LogP contribution in [0, 0.1) is 0 Å². The normalized spacial score (nSPS) is 27.7. The number of rotatable bonds is 3. The minimum atomic E-state index is -0.619. The Bertz CT molecular complexity index is 804. The predicted octanol–water partition coefficient (Wildman–Crippen LogP) is 0.610. The molecule has 0 bridgehead atoms. The Morgan fingerprint density at radius 3 is 2.64 bits per heavy atom. The van der Waals surface area contributed by atoms with Gasteiger partial charge in [0.05, 0.1) is 7.11 Å². The zero-order valence-corrected chi connectivity index (χ0v) is 17.3. The number of ether oxygens (including phenoxy) is 1. The lowest BCUT2D eigenvalue weighted by atomic mass is 10.1. The average molecular weight is 452 g/mol. The summed E-state index contributed by atoms with van der Waals surface area (Å²) in [6.45, 7) is 1.19. The molecule has 10 heteroatoms. The molecule has 3 fully saturated rings. The van der Waals surface area contributed by atoms with Gasteiger partial charge in [-0.15, -0.1) is 0 Å².